The molecule has 6 unspecified atom stereocenters. The molecular formula is C44H66O6. The molecule has 5 aliphatic rings. The highest BCUT2D eigenvalue weighted by molar-refractivity contribution is 6.21. The lowest BCUT2D eigenvalue weighted by molar-refractivity contribution is -0.522. The van der Waals surface area contributed by atoms with Crippen LogP contribution >= 0.6 is 0 Å². The van der Waals surface area contributed by atoms with E-state index in [9.17, 15) is 9.90 Å². The summed E-state index contributed by atoms with van der Waals surface area (Å²) in [5.41, 5.74) is 2.29. The molecule has 0 amide bonds. The Kier molecular flexibility index (Phi) is 12.5. The maximum atomic E-state index is 13.8. The second-order valence-corrected chi connectivity index (χ2v) is 17.7. The molecule has 3 aliphatic carbocycles. The molecule has 6 nitrogen and oxygen atoms in total. The van der Waals surface area contributed by atoms with Gasteiger partial charge in [-0.2, -0.15) is 0 Å². The number of carbonyl (C=O) groups is 1. The quantitative estimate of drug-likeness (QED) is 0.151. The van der Waals surface area contributed by atoms with Gasteiger partial charge in [0.1, 0.15) is 11.9 Å². The highest BCUT2D eigenvalue weighted by atomic mass is 16.5. The Morgan fingerprint density at radius 3 is 1.94 bits per heavy atom. The molecule has 50 heavy (non-hydrogen) atoms. The zero-order chi connectivity index (χ0) is 36.4. The SMILES string of the molecule is CCC(CC)COC1CCC2C(=CC3=C([O-])C(=CC4=CC(C(C)(C)C)=[O+]C5CC(OCC(CC)CC)CCC45)C3=O)C=C(C(C)(C)C)OC2C1. The van der Waals surface area contributed by atoms with E-state index in [0.717, 1.165) is 100 Å². The molecule has 0 bridgehead atoms. The number of ether oxygens (including phenoxy) is 3. The van der Waals surface area contributed by atoms with Gasteiger partial charge in [-0.05, 0) is 87.7 Å². The molecule has 0 radical (unpaired) electrons. The van der Waals surface area contributed by atoms with Gasteiger partial charge in [-0.1, -0.05) is 79.9 Å². The molecule has 2 heterocycles. The normalized spacial score (nSPS) is 30.6. The van der Waals surface area contributed by atoms with E-state index < -0.39 is 0 Å². The zero-order valence-corrected chi connectivity index (χ0v) is 32.9. The van der Waals surface area contributed by atoms with Crippen molar-refractivity contribution in [2.24, 2.45) is 34.5 Å². The van der Waals surface area contributed by atoms with E-state index in [-0.39, 0.29) is 58.6 Å². The van der Waals surface area contributed by atoms with Crippen molar-refractivity contribution in [3.05, 3.63) is 58.1 Å². The Bertz CT molecular complexity index is 1420. The average Bonchev–Trinajstić information content (AvgIpc) is 3.08. The fraction of sp³-hybridized carbons (Fsp3) is 0.727. The van der Waals surface area contributed by atoms with Crippen molar-refractivity contribution in [1.29, 1.82) is 0 Å². The van der Waals surface area contributed by atoms with Crippen LogP contribution in [0.3, 0.4) is 0 Å². The van der Waals surface area contributed by atoms with Crippen molar-refractivity contribution >= 4 is 11.6 Å². The van der Waals surface area contributed by atoms with E-state index in [4.69, 9.17) is 18.6 Å². The molecule has 6 atom stereocenters. The summed E-state index contributed by atoms with van der Waals surface area (Å²) >= 11 is 0. The summed E-state index contributed by atoms with van der Waals surface area (Å²) in [6.07, 6.45) is 18.2. The minimum absolute atomic E-state index is 0.0218. The molecular weight excluding hydrogens is 624 g/mol. The van der Waals surface area contributed by atoms with Crippen molar-refractivity contribution in [1.82, 2.24) is 0 Å². The number of hydrogen-bond acceptors (Lipinski definition) is 5. The number of fused-ring (bicyclic) bond motifs is 2. The molecule has 5 rings (SSSR count). The van der Waals surface area contributed by atoms with Gasteiger partial charge in [-0.25, -0.2) is 0 Å². The van der Waals surface area contributed by atoms with Crippen LogP contribution in [0.4, 0.5) is 0 Å². The topological polar surface area (TPSA) is 79.1 Å². The minimum atomic E-state index is -0.193. The van der Waals surface area contributed by atoms with Crippen LogP contribution in [0.1, 0.15) is 133 Å². The number of Topliss-reactive ketones (excluding diaryl/α,β-unsaturated/α-hetero) is 1. The predicted molar refractivity (Wildman–Crippen MR) is 199 cm³/mol. The van der Waals surface area contributed by atoms with E-state index in [1.807, 2.05) is 12.2 Å². The van der Waals surface area contributed by atoms with Crippen LogP contribution in [-0.2, 0) is 23.4 Å². The maximum absolute atomic E-state index is 13.8. The van der Waals surface area contributed by atoms with Crippen LogP contribution in [0, 0.1) is 34.5 Å². The molecule has 0 aromatic carbocycles. The monoisotopic (exact) mass is 690 g/mol. The average molecular weight is 691 g/mol. The summed E-state index contributed by atoms with van der Waals surface area (Å²) in [6, 6.07) is 0. The van der Waals surface area contributed by atoms with Gasteiger partial charge in [0, 0.05) is 48.2 Å². The molecule has 2 aliphatic heterocycles. The van der Waals surface area contributed by atoms with Crippen molar-refractivity contribution in [3.8, 4) is 0 Å². The first-order valence-electron chi connectivity index (χ1n) is 19.9. The largest absolute Gasteiger partial charge is 0.871 e. The van der Waals surface area contributed by atoms with E-state index in [0.29, 0.717) is 23.0 Å². The van der Waals surface area contributed by atoms with E-state index in [2.05, 4.69) is 81.4 Å². The number of ketones is 2. The second-order valence-electron chi connectivity index (χ2n) is 17.7. The van der Waals surface area contributed by atoms with Gasteiger partial charge in [0.2, 0.25) is 0 Å². The Labute approximate surface area is 303 Å². The molecule has 2 saturated carbocycles. The van der Waals surface area contributed by atoms with Gasteiger partial charge in [0.05, 0.1) is 30.0 Å². The molecule has 0 spiro atoms. The van der Waals surface area contributed by atoms with E-state index in [1.54, 1.807) is 0 Å². The zero-order valence-electron chi connectivity index (χ0n) is 32.9. The third-order valence-corrected chi connectivity index (χ3v) is 12.0. The van der Waals surface area contributed by atoms with Crippen LogP contribution in [0.5, 0.6) is 0 Å². The number of hydrogen-bond donors (Lipinski definition) is 0. The van der Waals surface area contributed by atoms with Crippen molar-refractivity contribution in [2.75, 3.05) is 13.2 Å². The summed E-state index contributed by atoms with van der Waals surface area (Å²) in [5, 5.41) is 13.8. The minimum Gasteiger partial charge on any atom is -0.871 e. The van der Waals surface area contributed by atoms with Crippen molar-refractivity contribution in [2.45, 2.75) is 158 Å². The van der Waals surface area contributed by atoms with Gasteiger partial charge >= 0.3 is 5.78 Å². The van der Waals surface area contributed by atoms with Crippen LogP contribution < -0.4 is 5.11 Å². The summed E-state index contributed by atoms with van der Waals surface area (Å²) in [6.45, 7) is 23.4. The van der Waals surface area contributed by atoms with Crippen LogP contribution in [0.25, 0.3) is 0 Å². The van der Waals surface area contributed by atoms with E-state index in [1.165, 1.54) is 0 Å². The standard InChI is InChI=1S/C44H66O6/c1-11-27(12-2)25-47-31-15-17-33-29(21-39(43(5,6)7)49-37(33)23-31)19-35-41(45)36(42(35)46)20-30-22-40(44(8,9)10)50-38-24-32(16-18-34(30)38)48-26-28(13-3)14-4/h19-22,27-28,31-34,37-38H,11-18,23-26H2,1-10H3. The Morgan fingerprint density at radius 1 is 0.820 bits per heavy atom. The number of rotatable bonds is 12. The molecule has 0 saturated heterocycles. The Hall–Kier alpha value is -2.44. The van der Waals surface area contributed by atoms with Crippen molar-refractivity contribution in [3.63, 3.8) is 0 Å². The third-order valence-electron chi connectivity index (χ3n) is 12.0. The molecule has 0 aromatic heterocycles. The van der Waals surface area contributed by atoms with Gasteiger partial charge < -0.3 is 19.3 Å². The molecule has 0 aromatic rings. The lowest BCUT2D eigenvalue weighted by Gasteiger charge is -2.43. The van der Waals surface area contributed by atoms with Crippen LogP contribution in [0.15, 0.2) is 58.1 Å². The van der Waals surface area contributed by atoms with Gasteiger partial charge in [-0.3, -0.25) is 9.22 Å². The Balaban J connectivity index is 1.37. The van der Waals surface area contributed by atoms with Crippen LogP contribution in [-0.4, -0.2) is 49.2 Å². The predicted octanol–water partition coefficient (Wildman–Crippen LogP) is 9.07. The molecule has 2 fully saturated rings. The first-order valence-corrected chi connectivity index (χ1v) is 19.9. The Morgan fingerprint density at radius 2 is 1.40 bits per heavy atom. The third kappa shape index (κ3) is 8.77. The van der Waals surface area contributed by atoms with Crippen LogP contribution in [0.2, 0.25) is 0 Å². The highest BCUT2D eigenvalue weighted by Crippen LogP contribution is 2.45. The lowest BCUT2D eigenvalue weighted by Crippen LogP contribution is -2.41. The molecule has 278 valence electrons. The first-order chi connectivity index (χ1) is 23.7. The number of allylic oxidation sites excluding steroid dienone is 7. The van der Waals surface area contributed by atoms with Gasteiger partial charge in [-0.15, -0.1) is 0 Å². The van der Waals surface area contributed by atoms with Gasteiger partial charge in [0.25, 0.3) is 6.10 Å². The summed E-state index contributed by atoms with van der Waals surface area (Å²) < 4.78 is 26.1. The summed E-state index contributed by atoms with van der Waals surface area (Å²) in [4.78, 5) is 13.8. The first kappa shape index (κ1) is 38.8. The summed E-state index contributed by atoms with van der Waals surface area (Å²) in [7, 11) is 0. The maximum Gasteiger partial charge on any atom is 0.325 e. The fourth-order valence-electron chi connectivity index (χ4n) is 8.13. The smallest absolute Gasteiger partial charge is 0.325 e. The van der Waals surface area contributed by atoms with Crippen molar-refractivity contribution < 1.29 is 28.5 Å². The summed E-state index contributed by atoms with van der Waals surface area (Å²) in [5.74, 6) is 2.96. The van der Waals surface area contributed by atoms with E-state index >= 15 is 0 Å². The lowest BCUT2D eigenvalue weighted by atomic mass is 9.73. The molecule has 6 heteroatoms. The fourth-order valence-corrected chi connectivity index (χ4v) is 8.13. The second kappa shape index (κ2) is 16.1. The number of carbonyl (C=O) groups excluding carboxylic acids is 2. The highest BCUT2D eigenvalue weighted by Gasteiger charge is 2.46. The van der Waals surface area contributed by atoms with Gasteiger partial charge in [0.15, 0.2) is 5.78 Å². The molecule has 0 N–H and O–H groups in total.